The highest BCUT2D eigenvalue weighted by molar-refractivity contribution is 9.10. The molecule has 2 aromatic heterocycles. The predicted octanol–water partition coefficient (Wildman–Crippen LogP) is 5.26. The maximum Gasteiger partial charge on any atom is 0.258 e. The zero-order chi connectivity index (χ0) is 19.0. The Balaban J connectivity index is 1.64. The first-order chi connectivity index (χ1) is 13.0. The Morgan fingerprint density at radius 2 is 2.04 bits per heavy atom. The number of nitrogens with zero attached hydrogens (tertiary/aromatic N) is 2. The third-order valence-electron chi connectivity index (χ3n) is 3.84. The minimum Gasteiger partial charge on any atom is -0.507 e. The zero-order valence-electron chi connectivity index (χ0n) is 13.6. The molecule has 0 saturated carbocycles. The van der Waals surface area contributed by atoms with E-state index in [4.69, 9.17) is 16.0 Å². The number of anilines is 1. The number of phenolic OH excluding ortho intramolecular Hbond substituents is 1. The standard InChI is InChI=1S/C19H11BrClN3O3/c20-13-8-10(3-5-15(13)25)19-24-14-9-11(4-6-16(14)27-19)23-18(26)12-2-1-7-22-17(12)21/h1-9,25H,(H,23,26). The number of benzene rings is 2. The van der Waals surface area contributed by atoms with Gasteiger partial charge in [0.25, 0.3) is 5.91 Å². The minimum atomic E-state index is -0.362. The van der Waals surface area contributed by atoms with Crippen molar-refractivity contribution in [3.8, 4) is 17.2 Å². The summed E-state index contributed by atoms with van der Waals surface area (Å²) < 4.78 is 6.30. The maximum absolute atomic E-state index is 12.4. The molecule has 0 atom stereocenters. The molecule has 0 radical (unpaired) electrons. The van der Waals surface area contributed by atoms with Crippen molar-refractivity contribution in [2.24, 2.45) is 0 Å². The summed E-state index contributed by atoms with van der Waals surface area (Å²) in [6.07, 6.45) is 1.52. The van der Waals surface area contributed by atoms with Crippen LogP contribution in [0.1, 0.15) is 10.4 Å². The molecule has 2 N–H and O–H groups in total. The first-order valence-electron chi connectivity index (χ1n) is 7.82. The van der Waals surface area contributed by atoms with Crippen molar-refractivity contribution in [2.75, 3.05) is 5.32 Å². The Hall–Kier alpha value is -2.90. The van der Waals surface area contributed by atoms with Gasteiger partial charge in [0.05, 0.1) is 10.0 Å². The van der Waals surface area contributed by atoms with Crippen LogP contribution in [0.3, 0.4) is 0 Å². The molecule has 0 aliphatic rings. The van der Waals surface area contributed by atoms with Crippen LogP contribution in [0.15, 0.2) is 63.6 Å². The second-order valence-electron chi connectivity index (χ2n) is 5.66. The van der Waals surface area contributed by atoms with Crippen molar-refractivity contribution < 1.29 is 14.3 Å². The lowest BCUT2D eigenvalue weighted by molar-refractivity contribution is 0.102. The molecule has 0 aliphatic heterocycles. The van der Waals surface area contributed by atoms with Gasteiger partial charge in [0, 0.05) is 17.4 Å². The Morgan fingerprint density at radius 3 is 2.81 bits per heavy atom. The van der Waals surface area contributed by atoms with Crippen LogP contribution in [0, 0.1) is 0 Å². The first kappa shape index (κ1) is 17.5. The molecule has 27 heavy (non-hydrogen) atoms. The van der Waals surface area contributed by atoms with Crippen LogP contribution in [-0.2, 0) is 0 Å². The van der Waals surface area contributed by atoms with Gasteiger partial charge in [-0.2, -0.15) is 0 Å². The molecule has 2 heterocycles. The van der Waals surface area contributed by atoms with Gasteiger partial charge in [-0.1, -0.05) is 11.6 Å². The maximum atomic E-state index is 12.4. The van der Waals surface area contributed by atoms with E-state index >= 15 is 0 Å². The molecule has 0 bridgehead atoms. The number of hydrogen-bond acceptors (Lipinski definition) is 5. The Labute approximate surface area is 167 Å². The monoisotopic (exact) mass is 443 g/mol. The van der Waals surface area contributed by atoms with Crippen LogP contribution >= 0.6 is 27.5 Å². The quantitative estimate of drug-likeness (QED) is 0.421. The number of aromatic hydroxyl groups is 1. The van der Waals surface area contributed by atoms with Gasteiger partial charge in [0.2, 0.25) is 5.89 Å². The molecule has 0 spiro atoms. The lowest BCUT2D eigenvalue weighted by atomic mass is 10.2. The van der Waals surface area contributed by atoms with Crippen molar-refractivity contribution in [1.29, 1.82) is 0 Å². The number of halogens is 2. The van der Waals surface area contributed by atoms with Crippen LogP contribution in [0.4, 0.5) is 5.69 Å². The largest absolute Gasteiger partial charge is 0.507 e. The number of phenols is 1. The van der Waals surface area contributed by atoms with Crippen molar-refractivity contribution >= 4 is 50.2 Å². The third-order valence-corrected chi connectivity index (χ3v) is 4.78. The molecule has 0 saturated heterocycles. The topological polar surface area (TPSA) is 88.2 Å². The summed E-state index contributed by atoms with van der Waals surface area (Å²) >= 11 is 9.23. The van der Waals surface area contributed by atoms with Gasteiger partial charge in [-0.15, -0.1) is 0 Å². The van der Waals surface area contributed by atoms with E-state index in [9.17, 15) is 9.90 Å². The van der Waals surface area contributed by atoms with Crippen molar-refractivity contribution in [3.63, 3.8) is 0 Å². The molecule has 0 aliphatic carbocycles. The smallest absolute Gasteiger partial charge is 0.258 e. The van der Waals surface area contributed by atoms with Gasteiger partial charge < -0.3 is 14.8 Å². The van der Waals surface area contributed by atoms with Gasteiger partial charge in [-0.3, -0.25) is 4.79 Å². The molecule has 4 aromatic rings. The van der Waals surface area contributed by atoms with Gasteiger partial charge in [-0.25, -0.2) is 9.97 Å². The number of carbonyl (C=O) groups excluding carboxylic acids is 1. The molecule has 0 unspecified atom stereocenters. The molecular weight excluding hydrogens is 434 g/mol. The SMILES string of the molecule is O=C(Nc1ccc2oc(-c3ccc(O)c(Br)c3)nc2c1)c1cccnc1Cl. The summed E-state index contributed by atoms with van der Waals surface area (Å²) in [6, 6.07) is 13.4. The van der Waals surface area contributed by atoms with E-state index in [0.29, 0.717) is 32.7 Å². The predicted molar refractivity (Wildman–Crippen MR) is 106 cm³/mol. The van der Waals surface area contributed by atoms with Crippen LogP contribution in [0.5, 0.6) is 5.75 Å². The summed E-state index contributed by atoms with van der Waals surface area (Å²) in [4.78, 5) is 20.7. The summed E-state index contributed by atoms with van der Waals surface area (Å²) in [7, 11) is 0. The number of hydrogen-bond donors (Lipinski definition) is 2. The zero-order valence-corrected chi connectivity index (χ0v) is 16.0. The number of oxazole rings is 1. The fraction of sp³-hybridized carbons (Fsp3) is 0. The molecule has 0 fully saturated rings. The molecule has 2 aromatic carbocycles. The molecule has 8 heteroatoms. The highest BCUT2D eigenvalue weighted by Crippen LogP contribution is 2.31. The lowest BCUT2D eigenvalue weighted by Gasteiger charge is -2.05. The van der Waals surface area contributed by atoms with Crippen LogP contribution in [-0.4, -0.2) is 21.0 Å². The summed E-state index contributed by atoms with van der Waals surface area (Å²) in [5.41, 5.74) is 2.72. The van der Waals surface area contributed by atoms with Crippen LogP contribution in [0.25, 0.3) is 22.6 Å². The number of amides is 1. The molecule has 6 nitrogen and oxygen atoms in total. The Kier molecular flexibility index (Phi) is 4.55. The van der Waals surface area contributed by atoms with Gasteiger partial charge in [-0.05, 0) is 64.5 Å². The number of nitrogens with one attached hydrogen (secondary N) is 1. The highest BCUT2D eigenvalue weighted by Gasteiger charge is 2.13. The Bertz CT molecular complexity index is 1180. The first-order valence-corrected chi connectivity index (χ1v) is 9.00. The third kappa shape index (κ3) is 3.51. The Morgan fingerprint density at radius 1 is 1.19 bits per heavy atom. The second kappa shape index (κ2) is 7.02. The van der Waals surface area contributed by atoms with Crippen LogP contribution in [0.2, 0.25) is 5.15 Å². The van der Waals surface area contributed by atoms with Gasteiger partial charge in [0.1, 0.15) is 16.4 Å². The van der Waals surface area contributed by atoms with E-state index in [1.807, 2.05) is 0 Å². The van der Waals surface area contributed by atoms with E-state index in [2.05, 4.69) is 31.2 Å². The summed E-state index contributed by atoms with van der Waals surface area (Å²) in [5, 5.41) is 12.5. The molecule has 4 rings (SSSR count). The van der Waals surface area contributed by atoms with Gasteiger partial charge in [0.15, 0.2) is 5.58 Å². The lowest BCUT2D eigenvalue weighted by Crippen LogP contribution is -2.12. The molecule has 1 amide bonds. The van der Waals surface area contributed by atoms with E-state index in [1.165, 1.54) is 6.20 Å². The van der Waals surface area contributed by atoms with E-state index in [1.54, 1.807) is 48.5 Å². The number of carbonyl (C=O) groups is 1. The second-order valence-corrected chi connectivity index (χ2v) is 6.88. The number of aromatic nitrogens is 2. The summed E-state index contributed by atoms with van der Waals surface area (Å²) in [6.45, 7) is 0. The van der Waals surface area contributed by atoms with E-state index < -0.39 is 0 Å². The van der Waals surface area contributed by atoms with E-state index in [0.717, 1.165) is 0 Å². The van der Waals surface area contributed by atoms with Crippen molar-refractivity contribution in [1.82, 2.24) is 9.97 Å². The summed E-state index contributed by atoms with van der Waals surface area (Å²) in [5.74, 6) is 0.178. The van der Waals surface area contributed by atoms with E-state index in [-0.39, 0.29) is 22.4 Å². The average molecular weight is 445 g/mol. The number of fused-ring (bicyclic) bond motifs is 1. The van der Waals surface area contributed by atoms with Crippen LogP contribution < -0.4 is 5.32 Å². The number of rotatable bonds is 3. The fourth-order valence-corrected chi connectivity index (χ4v) is 3.11. The molecule has 134 valence electrons. The van der Waals surface area contributed by atoms with Crippen molar-refractivity contribution in [3.05, 3.63) is 69.9 Å². The fourth-order valence-electron chi connectivity index (χ4n) is 2.52. The number of pyridine rings is 1. The molecular formula is C19H11BrClN3O3. The van der Waals surface area contributed by atoms with Crippen molar-refractivity contribution in [2.45, 2.75) is 0 Å². The minimum absolute atomic E-state index is 0.133. The average Bonchev–Trinajstić information content (AvgIpc) is 3.07. The van der Waals surface area contributed by atoms with Gasteiger partial charge >= 0.3 is 0 Å². The normalized spacial score (nSPS) is 10.9. The highest BCUT2D eigenvalue weighted by atomic mass is 79.9.